The molecule has 0 N–H and O–H groups in total. The van der Waals surface area contributed by atoms with Gasteiger partial charge in [-0.25, -0.2) is 4.39 Å². The van der Waals surface area contributed by atoms with E-state index in [9.17, 15) is 4.79 Å². The van der Waals surface area contributed by atoms with Gasteiger partial charge in [-0.2, -0.15) is 15.1 Å². The highest BCUT2D eigenvalue weighted by Gasteiger charge is 2.30. The second-order valence-electron chi connectivity index (χ2n) is 13.7. The van der Waals surface area contributed by atoms with Gasteiger partial charge in [-0.1, -0.05) is 13.0 Å². The molecule has 2 aromatic heterocycles. The number of hydrogen-bond acceptors (Lipinski definition) is 10. The monoisotopic (exact) mass is 686 g/mol. The third kappa shape index (κ3) is 6.68. The number of benzene rings is 2. The molecule has 5 heterocycles. The van der Waals surface area contributed by atoms with Gasteiger partial charge < -0.3 is 33.8 Å². The van der Waals surface area contributed by atoms with Gasteiger partial charge in [0.1, 0.15) is 24.0 Å². The normalized spacial score (nSPS) is 17.8. The summed E-state index contributed by atoms with van der Waals surface area (Å²) >= 11 is 0. The standard InChI is InChI=1S/C37H47FN8O4/c1-6-28-30(38)11-10-24-17-27(50-23-48-5)19-33(34(24)28)44-16-12-29-32(21-44)39-37(49-22-25-9-7-13-43(25)4)40-35(29)45-14-8-15-46-26(20-45)18-31(41-46)36(47)42(2)3/h10-11,17-19,25H,6-9,12-16,20-23H2,1-5H3/t25-/m0/s1. The van der Waals surface area contributed by atoms with Gasteiger partial charge in [0.05, 0.1) is 24.5 Å². The molecule has 1 amide bonds. The molecule has 0 aliphatic carbocycles. The predicted octanol–water partition coefficient (Wildman–Crippen LogP) is 4.66. The Morgan fingerprint density at radius 1 is 1.02 bits per heavy atom. The van der Waals surface area contributed by atoms with E-state index < -0.39 is 0 Å². The molecule has 4 aromatic rings. The molecule has 0 bridgehead atoms. The van der Waals surface area contributed by atoms with Crippen LogP contribution in [0.15, 0.2) is 30.3 Å². The molecular formula is C37H47FN8O4. The Morgan fingerprint density at radius 2 is 1.88 bits per heavy atom. The minimum atomic E-state index is -0.211. The van der Waals surface area contributed by atoms with Crippen LogP contribution in [0.5, 0.6) is 11.8 Å². The van der Waals surface area contributed by atoms with Gasteiger partial charge in [-0.15, -0.1) is 0 Å². The van der Waals surface area contributed by atoms with Gasteiger partial charge in [0.15, 0.2) is 12.5 Å². The van der Waals surface area contributed by atoms with Crippen molar-refractivity contribution in [3.05, 3.63) is 64.4 Å². The fraction of sp³-hybridized carbons (Fsp3) is 0.514. The van der Waals surface area contributed by atoms with Crippen molar-refractivity contribution in [2.45, 2.75) is 64.7 Å². The molecule has 13 heteroatoms. The van der Waals surface area contributed by atoms with Crippen LogP contribution in [-0.2, 0) is 37.2 Å². The van der Waals surface area contributed by atoms with Crippen LogP contribution >= 0.6 is 0 Å². The van der Waals surface area contributed by atoms with Crippen LogP contribution in [-0.4, -0.2) is 103 Å². The number of carbonyl (C=O) groups excluding carboxylic acids is 1. The molecule has 1 saturated heterocycles. The highest BCUT2D eigenvalue weighted by atomic mass is 19.1. The van der Waals surface area contributed by atoms with Crippen molar-refractivity contribution >= 4 is 28.2 Å². The summed E-state index contributed by atoms with van der Waals surface area (Å²) in [7, 11) is 7.21. The number of aryl methyl sites for hydroxylation is 2. The molecule has 2 aromatic carbocycles. The lowest BCUT2D eigenvalue weighted by molar-refractivity contribution is 0.0512. The van der Waals surface area contributed by atoms with Crippen molar-refractivity contribution in [1.29, 1.82) is 0 Å². The van der Waals surface area contributed by atoms with E-state index in [1.807, 2.05) is 35.9 Å². The first-order valence-electron chi connectivity index (χ1n) is 17.6. The summed E-state index contributed by atoms with van der Waals surface area (Å²) in [5, 5.41) is 6.45. The van der Waals surface area contributed by atoms with E-state index in [4.69, 9.17) is 24.2 Å². The molecule has 7 rings (SSSR count). The molecular weight excluding hydrogens is 639 g/mol. The molecule has 1 fully saturated rings. The third-order valence-electron chi connectivity index (χ3n) is 10.2. The summed E-state index contributed by atoms with van der Waals surface area (Å²) in [5.74, 6) is 1.20. The first-order valence-corrected chi connectivity index (χ1v) is 17.6. The Hall–Kier alpha value is -4.49. The van der Waals surface area contributed by atoms with E-state index in [2.05, 4.69) is 26.8 Å². The topological polar surface area (TPSA) is 101 Å². The van der Waals surface area contributed by atoms with E-state index in [0.29, 0.717) is 68.1 Å². The molecule has 1 atom stereocenters. The third-order valence-corrected chi connectivity index (χ3v) is 10.2. The SMILES string of the molecule is CCc1c(F)ccc2cc(OCOC)cc(N3CCc4c(nc(OC[C@@H]5CCCN5C)nc4N4CCCn5nc(C(=O)N(C)C)cc5C4)C3)c12. The number of anilines is 2. The van der Waals surface area contributed by atoms with E-state index in [1.165, 1.54) is 6.07 Å². The van der Waals surface area contributed by atoms with Crippen LogP contribution in [0.1, 0.15) is 59.2 Å². The Morgan fingerprint density at radius 3 is 2.64 bits per heavy atom. The van der Waals surface area contributed by atoms with Gasteiger partial charge in [0.25, 0.3) is 5.91 Å². The lowest BCUT2D eigenvalue weighted by Crippen LogP contribution is -2.35. The number of nitrogens with zero attached hydrogens (tertiary/aromatic N) is 8. The van der Waals surface area contributed by atoms with Gasteiger partial charge in [-0.3, -0.25) is 9.48 Å². The molecule has 50 heavy (non-hydrogen) atoms. The maximum absolute atomic E-state index is 15.2. The summed E-state index contributed by atoms with van der Waals surface area (Å²) in [6.45, 7) is 6.92. The van der Waals surface area contributed by atoms with Gasteiger partial charge in [0, 0.05) is 69.6 Å². The number of halogens is 1. The van der Waals surface area contributed by atoms with E-state index in [-0.39, 0.29) is 18.5 Å². The highest BCUT2D eigenvalue weighted by Crippen LogP contribution is 2.39. The summed E-state index contributed by atoms with van der Waals surface area (Å²) < 4.78 is 34.7. The predicted molar refractivity (Wildman–Crippen MR) is 190 cm³/mol. The van der Waals surface area contributed by atoms with Crippen LogP contribution in [0.4, 0.5) is 15.9 Å². The number of fused-ring (bicyclic) bond motifs is 3. The number of aromatic nitrogens is 4. The van der Waals surface area contributed by atoms with E-state index in [0.717, 1.165) is 78.1 Å². The van der Waals surface area contributed by atoms with Crippen molar-refractivity contribution in [3.8, 4) is 11.8 Å². The Labute approximate surface area is 292 Å². The first-order chi connectivity index (χ1) is 24.2. The van der Waals surface area contributed by atoms with Crippen molar-refractivity contribution in [3.63, 3.8) is 0 Å². The molecule has 0 unspecified atom stereocenters. The fourth-order valence-electron chi connectivity index (χ4n) is 7.53. The zero-order chi connectivity index (χ0) is 34.9. The van der Waals surface area contributed by atoms with Crippen LogP contribution < -0.4 is 19.3 Å². The minimum absolute atomic E-state index is 0.112. The number of methoxy groups -OCH3 is 1. The number of amides is 1. The number of ether oxygens (including phenoxy) is 3. The van der Waals surface area contributed by atoms with Crippen LogP contribution in [0, 0.1) is 5.82 Å². The summed E-state index contributed by atoms with van der Waals surface area (Å²) in [6.07, 6.45) is 4.34. The molecule has 3 aliphatic rings. The second-order valence-corrected chi connectivity index (χ2v) is 13.7. The van der Waals surface area contributed by atoms with Gasteiger partial charge in [0.2, 0.25) is 0 Å². The molecule has 12 nitrogen and oxygen atoms in total. The number of likely N-dealkylation sites (N-methyl/N-ethyl adjacent to an activating group) is 1. The summed E-state index contributed by atoms with van der Waals surface area (Å²) in [6, 6.07) is 9.87. The lowest BCUT2D eigenvalue weighted by atomic mass is 9.97. The summed E-state index contributed by atoms with van der Waals surface area (Å²) in [5.41, 5.74) is 4.99. The minimum Gasteiger partial charge on any atom is -0.467 e. The van der Waals surface area contributed by atoms with Crippen molar-refractivity contribution in [1.82, 2.24) is 29.5 Å². The Balaban J connectivity index is 1.27. The average Bonchev–Trinajstić information content (AvgIpc) is 3.67. The van der Waals surface area contributed by atoms with Crippen LogP contribution in [0.3, 0.4) is 0 Å². The smallest absolute Gasteiger partial charge is 0.318 e. The quantitative estimate of drug-likeness (QED) is 0.219. The first kappa shape index (κ1) is 34.0. The number of carbonyl (C=O) groups is 1. The molecule has 0 saturated carbocycles. The zero-order valence-electron chi connectivity index (χ0n) is 29.7. The van der Waals surface area contributed by atoms with Crippen molar-refractivity contribution in [2.24, 2.45) is 0 Å². The Bertz CT molecular complexity index is 1880. The number of likely N-dealkylation sites (tertiary alicyclic amines) is 1. The van der Waals surface area contributed by atoms with Gasteiger partial charge in [-0.05, 0) is 74.8 Å². The molecule has 0 spiro atoms. The van der Waals surface area contributed by atoms with E-state index in [1.54, 1.807) is 26.1 Å². The van der Waals surface area contributed by atoms with Gasteiger partial charge >= 0.3 is 6.01 Å². The molecule has 266 valence electrons. The number of rotatable bonds is 10. The molecule has 3 aliphatic heterocycles. The number of hydrogen-bond donors (Lipinski definition) is 0. The van der Waals surface area contributed by atoms with E-state index >= 15 is 4.39 Å². The fourth-order valence-corrected chi connectivity index (χ4v) is 7.53. The highest BCUT2D eigenvalue weighted by molar-refractivity contribution is 5.98. The van der Waals surface area contributed by atoms with Crippen LogP contribution in [0.2, 0.25) is 0 Å². The van der Waals surface area contributed by atoms with Crippen molar-refractivity contribution < 1.29 is 23.4 Å². The van der Waals surface area contributed by atoms with Crippen LogP contribution in [0.25, 0.3) is 10.8 Å². The Kier molecular flexibility index (Phi) is 9.78. The zero-order valence-corrected chi connectivity index (χ0v) is 29.7. The summed E-state index contributed by atoms with van der Waals surface area (Å²) in [4.78, 5) is 31.3. The lowest BCUT2D eigenvalue weighted by Gasteiger charge is -2.34. The maximum atomic E-state index is 15.2. The van der Waals surface area contributed by atoms with Crippen molar-refractivity contribution in [2.75, 3.05) is 71.1 Å². The second kappa shape index (κ2) is 14.4. The largest absolute Gasteiger partial charge is 0.467 e. The maximum Gasteiger partial charge on any atom is 0.318 e. The average molecular weight is 687 g/mol. The molecule has 0 radical (unpaired) electrons.